The summed E-state index contributed by atoms with van der Waals surface area (Å²) in [5, 5.41) is 9.96. The highest BCUT2D eigenvalue weighted by atomic mass is 16.5. The quantitative estimate of drug-likeness (QED) is 0.618. The number of hydrogen-bond acceptors (Lipinski definition) is 5. The van der Waals surface area contributed by atoms with Gasteiger partial charge in [0, 0.05) is 13.6 Å². The first kappa shape index (κ1) is 19.4. The number of nitrogens with two attached hydrogens (primary N) is 1. The van der Waals surface area contributed by atoms with Crippen LogP contribution in [0.15, 0.2) is 0 Å². The summed E-state index contributed by atoms with van der Waals surface area (Å²) in [6, 6.07) is 0. The number of aliphatic hydroxyl groups is 1. The molecule has 1 rings (SSSR count). The van der Waals surface area contributed by atoms with Crippen molar-refractivity contribution >= 4 is 5.91 Å². The molecule has 1 atom stereocenters. The van der Waals surface area contributed by atoms with Gasteiger partial charge in [0.25, 0.3) is 0 Å². The van der Waals surface area contributed by atoms with Crippen molar-refractivity contribution in [2.24, 2.45) is 5.73 Å². The Morgan fingerprint density at radius 1 is 1.27 bits per heavy atom. The van der Waals surface area contributed by atoms with Crippen LogP contribution in [-0.4, -0.2) is 67.1 Å². The molecule has 0 radical (unpaired) electrons. The lowest BCUT2D eigenvalue weighted by Gasteiger charge is -2.36. The molecule has 0 aromatic heterocycles. The molecule has 0 aromatic carbocycles. The minimum atomic E-state index is -0.751. The molecule has 22 heavy (non-hydrogen) atoms. The van der Waals surface area contributed by atoms with Gasteiger partial charge < -0.3 is 25.2 Å². The van der Waals surface area contributed by atoms with E-state index in [2.05, 4.69) is 0 Å². The molecule has 0 heterocycles. The van der Waals surface area contributed by atoms with Gasteiger partial charge >= 0.3 is 0 Å². The monoisotopic (exact) mass is 316 g/mol. The second kappa shape index (κ2) is 9.45. The number of ether oxygens (including phenoxy) is 2. The van der Waals surface area contributed by atoms with Gasteiger partial charge in [-0.2, -0.15) is 0 Å². The Morgan fingerprint density at radius 2 is 1.91 bits per heavy atom. The van der Waals surface area contributed by atoms with Gasteiger partial charge in [-0.1, -0.05) is 19.3 Å². The predicted molar refractivity (Wildman–Crippen MR) is 85.6 cm³/mol. The molecule has 0 aromatic rings. The fraction of sp³-hybridized carbons (Fsp3) is 0.938. The van der Waals surface area contributed by atoms with Crippen LogP contribution in [0.1, 0.15) is 46.0 Å². The molecule has 6 heteroatoms. The number of hydrogen-bond donors (Lipinski definition) is 2. The van der Waals surface area contributed by atoms with Crippen LogP contribution in [0.2, 0.25) is 0 Å². The maximum absolute atomic E-state index is 12.4. The minimum absolute atomic E-state index is 0.0746. The number of likely N-dealkylation sites (N-methyl/N-ethyl adjacent to an activating group) is 1. The Hall–Kier alpha value is -0.690. The molecule has 1 unspecified atom stereocenters. The van der Waals surface area contributed by atoms with Crippen molar-refractivity contribution in [3.63, 3.8) is 0 Å². The van der Waals surface area contributed by atoms with Gasteiger partial charge in [0.15, 0.2) is 0 Å². The van der Waals surface area contributed by atoms with Crippen LogP contribution in [0, 0.1) is 0 Å². The Labute approximate surface area is 133 Å². The summed E-state index contributed by atoms with van der Waals surface area (Å²) in [6.45, 7) is 5.30. The lowest BCUT2D eigenvalue weighted by atomic mass is 9.81. The molecule has 1 saturated carbocycles. The fourth-order valence-electron chi connectivity index (χ4n) is 2.79. The number of aliphatic hydroxyl groups excluding tert-OH is 1. The smallest absolute Gasteiger partial charge is 0.242 e. The van der Waals surface area contributed by atoms with Gasteiger partial charge in [-0.05, 0) is 26.7 Å². The molecule has 1 aliphatic rings. The zero-order valence-electron chi connectivity index (χ0n) is 14.2. The molecule has 6 nitrogen and oxygen atoms in total. The van der Waals surface area contributed by atoms with Gasteiger partial charge in [-0.25, -0.2) is 0 Å². The van der Waals surface area contributed by atoms with Gasteiger partial charge in [0.05, 0.1) is 37.6 Å². The first-order chi connectivity index (χ1) is 10.3. The summed E-state index contributed by atoms with van der Waals surface area (Å²) in [7, 11) is 1.69. The molecular weight excluding hydrogens is 284 g/mol. The first-order valence-electron chi connectivity index (χ1n) is 8.27. The summed E-state index contributed by atoms with van der Waals surface area (Å²) >= 11 is 0. The largest absolute Gasteiger partial charge is 0.389 e. The van der Waals surface area contributed by atoms with Gasteiger partial charge in [-0.3, -0.25) is 4.79 Å². The zero-order chi connectivity index (χ0) is 16.6. The van der Waals surface area contributed by atoms with Crippen molar-refractivity contribution in [3.8, 4) is 0 Å². The first-order valence-corrected chi connectivity index (χ1v) is 8.27. The average molecular weight is 316 g/mol. The fourth-order valence-corrected chi connectivity index (χ4v) is 2.79. The van der Waals surface area contributed by atoms with Crippen molar-refractivity contribution < 1.29 is 19.4 Å². The van der Waals surface area contributed by atoms with E-state index in [0.29, 0.717) is 13.2 Å². The predicted octanol–water partition coefficient (Wildman–Crippen LogP) is 0.909. The van der Waals surface area contributed by atoms with Gasteiger partial charge in [-0.15, -0.1) is 0 Å². The van der Waals surface area contributed by atoms with E-state index in [1.54, 1.807) is 7.05 Å². The van der Waals surface area contributed by atoms with E-state index in [1.807, 2.05) is 13.8 Å². The Kier molecular flexibility index (Phi) is 8.31. The Balaban J connectivity index is 2.25. The second-order valence-corrected chi connectivity index (χ2v) is 6.55. The third-order valence-corrected chi connectivity index (χ3v) is 3.99. The van der Waals surface area contributed by atoms with E-state index in [4.69, 9.17) is 15.2 Å². The van der Waals surface area contributed by atoms with E-state index in [-0.39, 0.29) is 25.2 Å². The van der Waals surface area contributed by atoms with Crippen LogP contribution in [0.4, 0.5) is 0 Å². The number of rotatable bonds is 9. The molecule has 0 spiro atoms. The summed E-state index contributed by atoms with van der Waals surface area (Å²) in [5.41, 5.74) is 5.48. The molecule has 1 fully saturated rings. The zero-order valence-corrected chi connectivity index (χ0v) is 14.2. The second-order valence-electron chi connectivity index (χ2n) is 6.55. The highest BCUT2D eigenvalue weighted by Crippen LogP contribution is 2.27. The maximum atomic E-state index is 12.4. The van der Waals surface area contributed by atoms with E-state index in [0.717, 1.165) is 32.1 Å². The molecule has 1 aliphatic carbocycles. The maximum Gasteiger partial charge on any atom is 0.242 e. The van der Waals surface area contributed by atoms with Crippen LogP contribution in [-0.2, 0) is 14.3 Å². The molecule has 0 saturated heterocycles. The van der Waals surface area contributed by atoms with Gasteiger partial charge in [0.1, 0.15) is 0 Å². The summed E-state index contributed by atoms with van der Waals surface area (Å²) < 4.78 is 10.7. The van der Waals surface area contributed by atoms with E-state index in [9.17, 15) is 9.90 Å². The summed E-state index contributed by atoms with van der Waals surface area (Å²) in [6.07, 6.45) is 4.07. The number of amides is 1. The van der Waals surface area contributed by atoms with Crippen molar-refractivity contribution in [1.82, 2.24) is 4.90 Å². The number of carbonyl (C=O) groups is 1. The van der Waals surface area contributed by atoms with Crippen LogP contribution >= 0.6 is 0 Å². The molecule has 130 valence electrons. The summed E-state index contributed by atoms with van der Waals surface area (Å²) in [5.74, 6) is -0.0746. The van der Waals surface area contributed by atoms with Gasteiger partial charge in [0.2, 0.25) is 5.91 Å². The SMILES string of the molecule is CC(C)OCCOCC(O)CN(C)C(=O)C1(N)CCCCC1. The lowest BCUT2D eigenvalue weighted by Crippen LogP contribution is -2.56. The van der Waals surface area contributed by atoms with Crippen molar-refractivity contribution in [2.45, 2.75) is 63.7 Å². The van der Waals surface area contributed by atoms with E-state index >= 15 is 0 Å². The highest BCUT2D eigenvalue weighted by Gasteiger charge is 2.37. The number of carbonyl (C=O) groups excluding carboxylic acids is 1. The highest BCUT2D eigenvalue weighted by molar-refractivity contribution is 5.86. The standard InChI is InChI=1S/C16H32N2O4/c1-13(2)22-10-9-21-12-14(19)11-18(3)15(20)16(17)7-5-4-6-8-16/h13-14,19H,4-12,17H2,1-3H3. The normalized spacial score (nSPS) is 19.2. The molecular formula is C16H32N2O4. The van der Waals surface area contributed by atoms with Crippen molar-refractivity contribution in [1.29, 1.82) is 0 Å². The van der Waals surface area contributed by atoms with Crippen LogP contribution in [0.5, 0.6) is 0 Å². The van der Waals surface area contributed by atoms with Crippen molar-refractivity contribution in [3.05, 3.63) is 0 Å². The molecule has 0 bridgehead atoms. The molecule has 0 aliphatic heterocycles. The molecule has 1 amide bonds. The average Bonchev–Trinajstić information content (AvgIpc) is 2.46. The van der Waals surface area contributed by atoms with Crippen LogP contribution < -0.4 is 5.73 Å². The summed E-state index contributed by atoms with van der Waals surface area (Å²) in [4.78, 5) is 14.0. The van der Waals surface area contributed by atoms with Crippen LogP contribution in [0.3, 0.4) is 0 Å². The Bertz CT molecular complexity index is 330. The number of nitrogens with zero attached hydrogens (tertiary/aromatic N) is 1. The third-order valence-electron chi connectivity index (χ3n) is 3.99. The Morgan fingerprint density at radius 3 is 2.50 bits per heavy atom. The third kappa shape index (κ3) is 6.60. The lowest BCUT2D eigenvalue weighted by molar-refractivity contribution is -0.138. The molecule has 3 N–H and O–H groups in total. The van der Waals surface area contributed by atoms with E-state index in [1.165, 1.54) is 4.90 Å². The van der Waals surface area contributed by atoms with Crippen LogP contribution in [0.25, 0.3) is 0 Å². The van der Waals surface area contributed by atoms with Crippen molar-refractivity contribution in [2.75, 3.05) is 33.4 Å². The topological polar surface area (TPSA) is 85.0 Å². The van der Waals surface area contributed by atoms with E-state index < -0.39 is 11.6 Å². The minimum Gasteiger partial charge on any atom is -0.389 e.